The molecule has 1 amide bonds. The summed E-state index contributed by atoms with van der Waals surface area (Å²) in [5.74, 6) is -1.19. The molecule has 0 atom stereocenters. The number of carbonyl (C=O) groups is 2. The number of aromatic nitrogens is 2. The van der Waals surface area contributed by atoms with Crippen molar-refractivity contribution in [2.24, 2.45) is 0 Å². The summed E-state index contributed by atoms with van der Waals surface area (Å²) >= 11 is 7.05. The summed E-state index contributed by atoms with van der Waals surface area (Å²) in [4.78, 5) is 32.9. The van der Waals surface area contributed by atoms with Gasteiger partial charge in [-0.3, -0.25) is 14.9 Å². The molecule has 0 saturated heterocycles. The van der Waals surface area contributed by atoms with E-state index in [2.05, 4.69) is 15.3 Å². The van der Waals surface area contributed by atoms with Crippen molar-refractivity contribution in [1.82, 2.24) is 9.97 Å². The zero-order chi connectivity index (χ0) is 24.0. The standard InChI is InChI=1S/C22H21ClFN3O5S/c1-4-30-20(28)10-16-11-33-22(25-16)27-21(29)13-5-18(31-12(2)3)26-19(6-13)32-17-8-14(23)7-15(24)9-17/h5-9,11-12H,4,10H2,1-3H3,(H,25,27,29). The van der Waals surface area contributed by atoms with Gasteiger partial charge in [-0.1, -0.05) is 11.6 Å². The minimum atomic E-state index is -0.576. The van der Waals surface area contributed by atoms with Crippen LogP contribution in [0.3, 0.4) is 0 Å². The molecule has 0 unspecified atom stereocenters. The Hall–Kier alpha value is -3.24. The lowest BCUT2D eigenvalue weighted by molar-refractivity contribution is -0.142. The fraction of sp³-hybridized carbons (Fsp3) is 0.273. The molecule has 8 nitrogen and oxygen atoms in total. The molecule has 0 fully saturated rings. The molecule has 3 aromatic rings. The molecule has 0 aliphatic heterocycles. The van der Waals surface area contributed by atoms with Gasteiger partial charge in [0.15, 0.2) is 5.13 Å². The van der Waals surface area contributed by atoms with Crippen LogP contribution in [-0.2, 0) is 16.0 Å². The van der Waals surface area contributed by atoms with Crippen LogP contribution in [0.2, 0.25) is 5.02 Å². The summed E-state index contributed by atoms with van der Waals surface area (Å²) in [7, 11) is 0. The first-order chi connectivity index (χ1) is 15.7. The number of rotatable bonds is 9. The van der Waals surface area contributed by atoms with Crippen LogP contribution in [-0.4, -0.2) is 34.6 Å². The smallest absolute Gasteiger partial charge is 0.311 e. The summed E-state index contributed by atoms with van der Waals surface area (Å²) in [5.41, 5.74) is 0.666. The van der Waals surface area contributed by atoms with Gasteiger partial charge < -0.3 is 14.2 Å². The van der Waals surface area contributed by atoms with E-state index in [4.69, 9.17) is 25.8 Å². The van der Waals surface area contributed by atoms with Gasteiger partial charge in [-0.25, -0.2) is 9.37 Å². The van der Waals surface area contributed by atoms with Crippen molar-refractivity contribution in [3.05, 3.63) is 57.8 Å². The van der Waals surface area contributed by atoms with Gasteiger partial charge in [-0.15, -0.1) is 11.3 Å². The molecule has 1 aromatic carbocycles. The fourth-order valence-electron chi connectivity index (χ4n) is 2.65. The monoisotopic (exact) mass is 493 g/mol. The Morgan fingerprint density at radius 1 is 1.15 bits per heavy atom. The summed E-state index contributed by atoms with van der Waals surface area (Å²) in [6, 6.07) is 6.54. The van der Waals surface area contributed by atoms with Crippen LogP contribution in [0.25, 0.3) is 0 Å². The highest BCUT2D eigenvalue weighted by Gasteiger charge is 2.16. The topological polar surface area (TPSA) is 99.6 Å². The lowest BCUT2D eigenvalue weighted by Crippen LogP contribution is -2.14. The van der Waals surface area contributed by atoms with Gasteiger partial charge in [0, 0.05) is 28.6 Å². The average molecular weight is 494 g/mol. The Balaban J connectivity index is 1.80. The number of ether oxygens (including phenoxy) is 3. The number of hydrogen-bond donors (Lipinski definition) is 1. The van der Waals surface area contributed by atoms with Crippen LogP contribution >= 0.6 is 22.9 Å². The van der Waals surface area contributed by atoms with E-state index in [1.54, 1.807) is 12.3 Å². The second-order valence-corrected chi connectivity index (χ2v) is 8.28. The van der Waals surface area contributed by atoms with Crippen molar-refractivity contribution in [2.45, 2.75) is 33.3 Å². The molecule has 33 heavy (non-hydrogen) atoms. The van der Waals surface area contributed by atoms with Crippen LogP contribution in [0.1, 0.15) is 36.8 Å². The van der Waals surface area contributed by atoms with Crippen LogP contribution in [0, 0.1) is 5.82 Å². The molecule has 0 aliphatic rings. The van der Waals surface area contributed by atoms with E-state index in [0.717, 1.165) is 12.1 Å². The Kier molecular flexibility index (Phi) is 8.18. The maximum absolute atomic E-state index is 13.6. The Morgan fingerprint density at radius 2 is 1.91 bits per heavy atom. The summed E-state index contributed by atoms with van der Waals surface area (Å²) < 4.78 is 29.8. The molecule has 1 N–H and O–H groups in total. The third-order valence-corrected chi connectivity index (χ3v) is 4.88. The number of thiazole rings is 1. The van der Waals surface area contributed by atoms with Crippen molar-refractivity contribution in [3.63, 3.8) is 0 Å². The van der Waals surface area contributed by atoms with E-state index in [1.165, 1.54) is 29.5 Å². The SMILES string of the molecule is CCOC(=O)Cc1csc(NC(=O)c2cc(Oc3cc(F)cc(Cl)c3)nc(OC(C)C)c2)n1. The minimum absolute atomic E-state index is 0.00995. The van der Waals surface area contributed by atoms with E-state index < -0.39 is 17.7 Å². The molecule has 0 saturated carbocycles. The number of amides is 1. The number of carbonyl (C=O) groups excluding carboxylic acids is 2. The molecule has 174 valence electrons. The van der Waals surface area contributed by atoms with E-state index in [-0.39, 0.29) is 47.2 Å². The number of hydrogen-bond acceptors (Lipinski definition) is 8. The normalized spacial score (nSPS) is 10.7. The fourth-order valence-corrected chi connectivity index (χ4v) is 3.57. The second-order valence-electron chi connectivity index (χ2n) is 6.99. The van der Waals surface area contributed by atoms with Gasteiger partial charge in [0.2, 0.25) is 11.8 Å². The molecule has 0 aliphatic carbocycles. The van der Waals surface area contributed by atoms with E-state index in [0.29, 0.717) is 10.8 Å². The quantitative estimate of drug-likeness (QED) is 0.405. The number of halogens is 2. The highest BCUT2D eigenvalue weighted by Crippen LogP contribution is 2.28. The van der Waals surface area contributed by atoms with Crippen LogP contribution in [0.4, 0.5) is 9.52 Å². The van der Waals surface area contributed by atoms with Crippen LogP contribution in [0.15, 0.2) is 35.7 Å². The van der Waals surface area contributed by atoms with E-state index in [1.807, 2.05) is 13.8 Å². The van der Waals surface area contributed by atoms with Crippen molar-refractivity contribution in [3.8, 4) is 17.5 Å². The molecule has 11 heteroatoms. The Morgan fingerprint density at radius 3 is 2.61 bits per heavy atom. The number of esters is 1. The highest BCUT2D eigenvalue weighted by atomic mass is 35.5. The molecule has 0 bridgehead atoms. The van der Waals surface area contributed by atoms with Gasteiger partial charge in [0.05, 0.1) is 30.4 Å². The minimum Gasteiger partial charge on any atom is -0.475 e. The first-order valence-electron chi connectivity index (χ1n) is 9.96. The third kappa shape index (κ3) is 7.40. The van der Waals surface area contributed by atoms with Gasteiger partial charge in [0.25, 0.3) is 5.91 Å². The average Bonchev–Trinajstić information content (AvgIpc) is 3.13. The zero-order valence-corrected chi connectivity index (χ0v) is 19.6. The lowest BCUT2D eigenvalue weighted by Gasteiger charge is -2.13. The van der Waals surface area contributed by atoms with Gasteiger partial charge >= 0.3 is 5.97 Å². The summed E-state index contributed by atoms with van der Waals surface area (Å²) in [6.45, 7) is 5.61. The summed E-state index contributed by atoms with van der Waals surface area (Å²) in [5, 5.41) is 4.79. The Labute approximate surface area is 198 Å². The largest absolute Gasteiger partial charge is 0.475 e. The maximum Gasteiger partial charge on any atom is 0.311 e. The second kappa shape index (κ2) is 11.1. The first-order valence-corrected chi connectivity index (χ1v) is 11.2. The molecular formula is C22H21ClFN3O5S. The molecule has 3 rings (SSSR count). The lowest BCUT2D eigenvalue weighted by atomic mass is 10.2. The highest BCUT2D eigenvalue weighted by molar-refractivity contribution is 7.14. The van der Waals surface area contributed by atoms with Crippen molar-refractivity contribution >= 4 is 39.9 Å². The van der Waals surface area contributed by atoms with Gasteiger partial charge in [0.1, 0.15) is 11.6 Å². The Bertz CT molecular complexity index is 1130. The predicted octanol–water partition coefficient (Wildman–Crippen LogP) is 5.27. The van der Waals surface area contributed by atoms with E-state index in [9.17, 15) is 14.0 Å². The van der Waals surface area contributed by atoms with Crippen LogP contribution in [0.5, 0.6) is 17.5 Å². The predicted molar refractivity (Wildman–Crippen MR) is 122 cm³/mol. The van der Waals surface area contributed by atoms with E-state index >= 15 is 0 Å². The number of pyridine rings is 1. The molecule has 0 spiro atoms. The number of anilines is 1. The number of nitrogens with zero attached hydrogens (tertiary/aromatic N) is 2. The molecule has 2 aromatic heterocycles. The van der Waals surface area contributed by atoms with Gasteiger partial charge in [-0.05, 0) is 32.9 Å². The molecule has 2 heterocycles. The molecular weight excluding hydrogens is 473 g/mol. The van der Waals surface area contributed by atoms with Crippen molar-refractivity contribution in [1.29, 1.82) is 0 Å². The third-order valence-electron chi connectivity index (χ3n) is 3.86. The number of benzene rings is 1. The van der Waals surface area contributed by atoms with Crippen LogP contribution < -0.4 is 14.8 Å². The number of nitrogens with one attached hydrogen (secondary N) is 1. The van der Waals surface area contributed by atoms with Gasteiger partial charge in [-0.2, -0.15) is 4.98 Å². The molecule has 0 radical (unpaired) electrons. The summed E-state index contributed by atoms with van der Waals surface area (Å²) in [6.07, 6.45) is -0.201. The zero-order valence-electron chi connectivity index (χ0n) is 18.1. The maximum atomic E-state index is 13.6. The van der Waals surface area contributed by atoms with Crippen molar-refractivity contribution in [2.75, 3.05) is 11.9 Å². The van der Waals surface area contributed by atoms with Crippen molar-refractivity contribution < 1.29 is 28.2 Å². The first kappa shape index (κ1) is 24.4.